The highest BCUT2D eigenvalue weighted by molar-refractivity contribution is 6.00. The predicted molar refractivity (Wildman–Crippen MR) is 245 cm³/mol. The number of benzene rings is 2. The minimum Gasteiger partial charge on any atom is -0.453 e. The molecule has 0 spiro atoms. The first kappa shape index (κ1) is 43.4. The lowest BCUT2D eigenvalue weighted by molar-refractivity contribution is -0.221. The summed E-state index contributed by atoms with van der Waals surface area (Å²) in [7, 11) is 2.56. The van der Waals surface area contributed by atoms with E-state index in [2.05, 4.69) is 69.8 Å². The highest BCUT2D eigenvalue weighted by Gasteiger charge is 2.71. The van der Waals surface area contributed by atoms with Crippen LogP contribution in [0.15, 0.2) is 48.5 Å². The van der Waals surface area contributed by atoms with Crippen LogP contribution in [0.25, 0.3) is 0 Å². The van der Waals surface area contributed by atoms with Crippen molar-refractivity contribution in [1.29, 1.82) is 0 Å². The average Bonchev–Trinajstić information content (AvgIpc) is 4.19. The molecule has 14 nitrogen and oxygen atoms in total. The van der Waals surface area contributed by atoms with Gasteiger partial charge < -0.3 is 40.5 Å². The Kier molecular flexibility index (Phi) is 10.3. The van der Waals surface area contributed by atoms with Crippen LogP contribution in [0.4, 0.5) is 21.0 Å². The van der Waals surface area contributed by atoms with E-state index in [0.29, 0.717) is 24.7 Å². The zero-order valence-electron chi connectivity index (χ0n) is 39.1. The van der Waals surface area contributed by atoms with Crippen LogP contribution in [0.2, 0.25) is 0 Å². The number of nitrogens with one attached hydrogen (secondary N) is 4. The molecule has 2 heterocycles. The van der Waals surface area contributed by atoms with Crippen molar-refractivity contribution in [2.24, 2.45) is 59.2 Å². The Balaban J connectivity index is 0.728. The van der Waals surface area contributed by atoms with E-state index in [1.807, 2.05) is 27.7 Å². The van der Waals surface area contributed by atoms with Gasteiger partial charge in [0.1, 0.15) is 24.2 Å². The van der Waals surface area contributed by atoms with E-state index in [1.54, 1.807) is 9.80 Å². The lowest BCUT2D eigenvalue weighted by Gasteiger charge is -2.75. The number of amides is 6. The van der Waals surface area contributed by atoms with E-state index in [-0.39, 0.29) is 58.4 Å². The van der Waals surface area contributed by atoms with E-state index >= 15 is 0 Å². The zero-order valence-corrected chi connectivity index (χ0v) is 39.1. The summed E-state index contributed by atoms with van der Waals surface area (Å²) >= 11 is 0. The number of nitrogens with zero attached hydrogens (tertiary/aromatic N) is 2. The fourth-order valence-corrected chi connectivity index (χ4v) is 15.6. The van der Waals surface area contributed by atoms with Gasteiger partial charge in [0.05, 0.1) is 14.2 Å². The molecule has 4 N–H and O–H groups in total. The second kappa shape index (κ2) is 15.7. The van der Waals surface area contributed by atoms with E-state index < -0.39 is 36.4 Å². The Morgan fingerprint density at radius 1 is 0.515 bits per heavy atom. The summed E-state index contributed by atoms with van der Waals surface area (Å²) < 4.78 is 9.58. The van der Waals surface area contributed by atoms with Gasteiger partial charge in [0.15, 0.2) is 0 Å². The molecule has 66 heavy (non-hydrogen) atoms. The number of rotatable bonds is 12. The monoisotopic (exact) mass is 902 g/mol. The summed E-state index contributed by atoms with van der Waals surface area (Å²) in [6.07, 6.45) is 9.12. The maximum atomic E-state index is 13.8. The molecule has 0 aromatic heterocycles. The Hall–Kier alpha value is -5.14. The second-order valence-electron chi connectivity index (χ2n) is 22.7. The maximum absolute atomic E-state index is 13.8. The van der Waals surface area contributed by atoms with E-state index in [4.69, 9.17) is 9.47 Å². The number of hydrogen-bond donors (Lipinski definition) is 4. The van der Waals surface area contributed by atoms with E-state index in [0.717, 1.165) is 59.7 Å². The largest absolute Gasteiger partial charge is 0.453 e. The van der Waals surface area contributed by atoms with Gasteiger partial charge in [-0.2, -0.15) is 0 Å². The third kappa shape index (κ3) is 6.91. The summed E-state index contributed by atoms with van der Waals surface area (Å²) in [5.74, 6) is 3.89. The molecule has 9 saturated carbocycles. The lowest BCUT2D eigenvalue weighted by Crippen LogP contribution is -2.69. The molecule has 9 aliphatic carbocycles. The van der Waals surface area contributed by atoms with Crippen molar-refractivity contribution in [1.82, 2.24) is 20.4 Å². The molecule has 2 aliphatic heterocycles. The van der Waals surface area contributed by atoms with Crippen LogP contribution in [0.3, 0.4) is 0 Å². The van der Waals surface area contributed by atoms with Crippen LogP contribution >= 0.6 is 0 Å². The fourth-order valence-electron chi connectivity index (χ4n) is 15.6. The first-order valence-electron chi connectivity index (χ1n) is 24.8. The molecule has 14 heteroatoms. The second-order valence-corrected chi connectivity index (χ2v) is 22.7. The number of fused-ring (bicyclic) bond motifs is 2. The van der Waals surface area contributed by atoms with Gasteiger partial charge >= 0.3 is 12.2 Å². The van der Waals surface area contributed by atoms with Gasteiger partial charge in [-0.25, -0.2) is 9.59 Å². The van der Waals surface area contributed by atoms with Crippen molar-refractivity contribution in [3.63, 3.8) is 0 Å². The molecular formula is C52H66N6O8. The standard InChI is InChI=1S/C52H66N6O8/c1-25(2)43(55-49(63)65-5)47(61)57-39-15-27(39)17-41(57)45(59)53-31-11-7-29(8-12-31)51-19-33-36-22-52(23-37(33)35(21-51)38(24-52)34(36)20-51)30-9-13-32(14-10-30)54-46(60)42-18-28-16-40(28)58(42)48(62)44(26(3)4)56-50(64)66-6/h7-14,25-28,33-44H,15-24H2,1-6H3,(H,53,59)(H,54,60)(H,55,63)(H,56,64)/t27-,28-,33?,34?,35?,36?,37?,38?,39-,40-,41+,42+,43+,44+,51?,52?/m1/s1. The first-order valence-corrected chi connectivity index (χ1v) is 24.8. The molecule has 352 valence electrons. The highest BCUT2D eigenvalue weighted by Crippen LogP contribution is 2.77. The molecule has 8 atom stereocenters. The minimum atomic E-state index is -0.764. The summed E-state index contributed by atoms with van der Waals surface area (Å²) in [5, 5.41) is 11.7. The van der Waals surface area contributed by atoms with Gasteiger partial charge in [0, 0.05) is 23.5 Å². The molecule has 2 aromatic rings. The first-order chi connectivity index (χ1) is 31.6. The van der Waals surface area contributed by atoms with Gasteiger partial charge in [0.2, 0.25) is 23.6 Å². The van der Waals surface area contributed by atoms with Gasteiger partial charge in [-0.1, -0.05) is 52.0 Å². The van der Waals surface area contributed by atoms with E-state index in [9.17, 15) is 28.8 Å². The predicted octanol–water partition coefficient (Wildman–Crippen LogP) is 6.59. The summed E-state index contributed by atoms with van der Waals surface area (Å²) in [4.78, 5) is 82.8. The molecule has 11 aliphatic rings. The van der Waals surface area contributed by atoms with Crippen molar-refractivity contribution in [3.05, 3.63) is 59.7 Å². The van der Waals surface area contributed by atoms with Crippen LogP contribution in [0, 0.1) is 59.2 Å². The molecule has 8 bridgehead atoms. The van der Waals surface area contributed by atoms with Crippen molar-refractivity contribution < 1.29 is 38.2 Å². The molecule has 6 amide bonds. The smallest absolute Gasteiger partial charge is 0.407 e. The van der Waals surface area contributed by atoms with Crippen molar-refractivity contribution in [3.8, 4) is 0 Å². The molecule has 0 unspecified atom stereocenters. The normalized spacial score (nSPS) is 37.5. The number of alkyl carbamates (subject to hydrolysis) is 2. The Labute approximate surface area is 387 Å². The SMILES string of the molecule is COC(=O)N[C@H](C(=O)N1[C@@H]2C[C@@H]2C[C@H]1C(=O)Nc1ccc(C23CC4C5CC6(c7ccc(NC(=O)[C@@H]8C[C@H]9C[C@H]9N8C(=O)[C@@H](NC(=O)OC)C(C)C)cc7)CC4C(C2)C(C6)C5C3)cc1)C(C)C. The third-order valence-corrected chi connectivity index (χ3v) is 18.7. The minimum absolute atomic E-state index is 0.0384. The highest BCUT2D eigenvalue weighted by atomic mass is 16.5. The Morgan fingerprint density at radius 3 is 1.12 bits per heavy atom. The summed E-state index contributed by atoms with van der Waals surface area (Å²) in [5.41, 5.74) is 4.63. The average molecular weight is 903 g/mol. The van der Waals surface area contributed by atoms with Crippen molar-refractivity contribution in [2.45, 2.75) is 139 Å². The third-order valence-electron chi connectivity index (χ3n) is 18.7. The number of hydrogen-bond acceptors (Lipinski definition) is 8. The maximum Gasteiger partial charge on any atom is 0.407 e. The molecule has 11 fully saturated rings. The van der Waals surface area contributed by atoms with Gasteiger partial charge in [0.25, 0.3) is 0 Å². The van der Waals surface area contributed by atoms with Crippen LogP contribution in [-0.4, -0.2) is 96.1 Å². The van der Waals surface area contributed by atoms with Gasteiger partial charge in [-0.3, -0.25) is 19.2 Å². The molecular weight excluding hydrogens is 837 g/mol. The van der Waals surface area contributed by atoms with Crippen molar-refractivity contribution in [2.75, 3.05) is 24.9 Å². The molecule has 13 rings (SSSR count). The van der Waals surface area contributed by atoms with Crippen LogP contribution in [0.5, 0.6) is 0 Å². The number of carbonyl (C=O) groups excluding carboxylic acids is 6. The van der Waals surface area contributed by atoms with Gasteiger partial charge in [-0.15, -0.1) is 0 Å². The quantitative estimate of drug-likeness (QED) is 0.185. The zero-order chi connectivity index (χ0) is 46.1. The number of ether oxygens (including phenoxy) is 2. The Bertz CT molecular complexity index is 2110. The molecule has 2 saturated heterocycles. The number of anilines is 2. The molecule has 0 radical (unpaired) electrons. The summed E-state index contributed by atoms with van der Waals surface area (Å²) in [6.45, 7) is 7.54. The Morgan fingerprint density at radius 2 is 0.833 bits per heavy atom. The lowest BCUT2D eigenvalue weighted by atomic mass is 9.29. The summed E-state index contributed by atoms with van der Waals surface area (Å²) in [6, 6.07) is 14.7. The number of likely N-dealkylation sites (tertiary alicyclic amines) is 2. The number of carbonyl (C=O) groups is 6. The van der Waals surface area contributed by atoms with E-state index in [1.165, 1.54) is 63.9 Å². The van der Waals surface area contributed by atoms with Gasteiger partial charge in [-0.05, 0) is 170 Å². The number of methoxy groups -OCH3 is 2. The van der Waals surface area contributed by atoms with Crippen molar-refractivity contribution >= 4 is 47.2 Å². The molecule has 2 aromatic carbocycles. The van der Waals surface area contributed by atoms with Crippen LogP contribution in [0.1, 0.15) is 103 Å². The topological polar surface area (TPSA) is 175 Å². The fraction of sp³-hybridized carbons (Fsp3) is 0.654. The number of piperidine rings is 2. The van der Waals surface area contributed by atoms with Crippen LogP contribution in [-0.2, 0) is 39.5 Å². The van der Waals surface area contributed by atoms with Crippen LogP contribution < -0.4 is 21.3 Å².